The minimum absolute atomic E-state index is 0.0425. The van der Waals surface area contributed by atoms with E-state index < -0.39 is 0 Å². The monoisotopic (exact) mass is 246 g/mol. The summed E-state index contributed by atoms with van der Waals surface area (Å²) in [4.78, 5) is 6.49. The summed E-state index contributed by atoms with van der Waals surface area (Å²) in [5.74, 6) is 0.727. The van der Waals surface area contributed by atoms with Crippen LogP contribution in [0.15, 0.2) is 18.3 Å². The Bertz CT molecular complexity index is 430. The van der Waals surface area contributed by atoms with Gasteiger partial charge in [0.05, 0.1) is 5.69 Å². The topological polar surface area (TPSA) is 66.0 Å². The summed E-state index contributed by atoms with van der Waals surface area (Å²) >= 11 is 0. The van der Waals surface area contributed by atoms with E-state index in [9.17, 15) is 0 Å². The number of hydrogen-bond acceptors (Lipinski definition) is 3. The van der Waals surface area contributed by atoms with E-state index >= 15 is 0 Å². The summed E-state index contributed by atoms with van der Waals surface area (Å²) in [6.07, 6.45) is 6.81. The Morgan fingerprint density at radius 1 is 1.44 bits per heavy atom. The van der Waals surface area contributed by atoms with Gasteiger partial charge in [-0.15, -0.1) is 0 Å². The molecule has 1 heterocycles. The number of nitrogens with zero attached hydrogens (tertiary/aromatic N) is 2. The fraction of sp³-hybridized carbons (Fsp3) is 0.571. The van der Waals surface area contributed by atoms with Crippen molar-refractivity contribution >= 4 is 11.5 Å². The molecule has 0 aliphatic heterocycles. The van der Waals surface area contributed by atoms with Gasteiger partial charge in [-0.1, -0.05) is 19.8 Å². The molecule has 2 rings (SSSR count). The standard InChI is InChI=1S/C14H22N4/c1-10-6-3-4-7-11(10)18(2)12-8-5-9-17-13(12)14(15)16/h5,8-11H,3-4,6-7H2,1-2H3,(H3,15,16). The lowest BCUT2D eigenvalue weighted by atomic mass is 9.85. The molecule has 0 spiro atoms. The zero-order chi connectivity index (χ0) is 13.1. The number of rotatable bonds is 3. The Morgan fingerprint density at radius 2 is 2.17 bits per heavy atom. The molecule has 1 aliphatic carbocycles. The van der Waals surface area contributed by atoms with Crippen LogP contribution in [0.5, 0.6) is 0 Å². The first-order valence-electron chi connectivity index (χ1n) is 6.63. The summed E-state index contributed by atoms with van der Waals surface area (Å²) in [6, 6.07) is 4.44. The highest BCUT2D eigenvalue weighted by atomic mass is 15.2. The molecule has 0 amide bonds. The molecule has 1 aliphatic rings. The third kappa shape index (κ3) is 2.47. The van der Waals surface area contributed by atoms with Gasteiger partial charge < -0.3 is 10.6 Å². The lowest BCUT2D eigenvalue weighted by Gasteiger charge is -2.38. The van der Waals surface area contributed by atoms with Crippen LogP contribution in [0, 0.1) is 11.3 Å². The summed E-state index contributed by atoms with van der Waals surface area (Å²) in [7, 11) is 2.09. The highest BCUT2D eigenvalue weighted by Gasteiger charge is 2.26. The molecule has 4 nitrogen and oxygen atoms in total. The van der Waals surface area contributed by atoms with E-state index in [2.05, 4.69) is 23.9 Å². The molecule has 0 aromatic carbocycles. The van der Waals surface area contributed by atoms with Gasteiger partial charge in [-0.3, -0.25) is 10.4 Å². The second-order valence-corrected chi connectivity index (χ2v) is 5.22. The predicted molar refractivity (Wildman–Crippen MR) is 75.1 cm³/mol. The number of nitrogens with one attached hydrogen (secondary N) is 1. The van der Waals surface area contributed by atoms with E-state index in [1.165, 1.54) is 25.7 Å². The van der Waals surface area contributed by atoms with Gasteiger partial charge in [0.25, 0.3) is 0 Å². The molecule has 0 radical (unpaired) electrons. The molecule has 3 N–H and O–H groups in total. The van der Waals surface area contributed by atoms with Gasteiger partial charge in [0.1, 0.15) is 11.5 Å². The van der Waals surface area contributed by atoms with E-state index in [1.54, 1.807) is 6.20 Å². The number of nitrogen functional groups attached to an aromatic ring is 1. The smallest absolute Gasteiger partial charge is 0.143 e. The van der Waals surface area contributed by atoms with Crippen molar-refractivity contribution in [1.82, 2.24) is 4.98 Å². The molecule has 1 aromatic rings. The molecule has 0 saturated heterocycles. The maximum Gasteiger partial charge on any atom is 0.143 e. The van der Waals surface area contributed by atoms with Crippen LogP contribution < -0.4 is 10.6 Å². The van der Waals surface area contributed by atoms with E-state index in [1.807, 2.05) is 12.1 Å². The van der Waals surface area contributed by atoms with Crippen molar-refractivity contribution in [2.45, 2.75) is 38.6 Å². The van der Waals surface area contributed by atoms with Crippen LogP contribution in [0.2, 0.25) is 0 Å². The molecule has 18 heavy (non-hydrogen) atoms. The third-order valence-electron chi connectivity index (χ3n) is 3.99. The second-order valence-electron chi connectivity index (χ2n) is 5.22. The number of nitrogens with two attached hydrogens (primary N) is 1. The SMILES string of the molecule is CC1CCCCC1N(C)c1cccnc1C(=N)N. The minimum atomic E-state index is 0.0425. The van der Waals surface area contributed by atoms with Crippen molar-refractivity contribution in [3.63, 3.8) is 0 Å². The zero-order valence-corrected chi connectivity index (χ0v) is 11.2. The Balaban J connectivity index is 2.27. The highest BCUT2D eigenvalue weighted by molar-refractivity contribution is 5.98. The summed E-state index contributed by atoms with van der Waals surface area (Å²) in [6.45, 7) is 2.31. The van der Waals surface area contributed by atoms with Gasteiger partial charge in [-0.05, 0) is 30.9 Å². The first-order chi connectivity index (χ1) is 8.61. The van der Waals surface area contributed by atoms with Crippen LogP contribution in [-0.4, -0.2) is 23.9 Å². The van der Waals surface area contributed by atoms with Gasteiger partial charge in [0.2, 0.25) is 0 Å². The van der Waals surface area contributed by atoms with E-state index in [0.29, 0.717) is 17.7 Å². The Hall–Kier alpha value is -1.58. The number of aromatic nitrogens is 1. The van der Waals surface area contributed by atoms with Gasteiger partial charge in [0, 0.05) is 19.3 Å². The Morgan fingerprint density at radius 3 is 2.83 bits per heavy atom. The lowest BCUT2D eigenvalue weighted by Crippen LogP contribution is -2.40. The number of pyridine rings is 1. The number of anilines is 1. The predicted octanol–water partition coefficient (Wildman–Crippen LogP) is 2.38. The second kappa shape index (κ2) is 5.38. The van der Waals surface area contributed by atoms with Crippen molar-refractivity contribution in [1.29, 1.82) is 5.41 Å². The molecule has 2 atom stereocenters. The number of amidine groups is 1. The first-order valence-corrected chi connectivity index (χ1v) is 6.63. The van der Waals surface area contributed by atoms with E-state index in [4.69, 9.17) is 11.1 Å². The van der Waals surface area contributed by atoms with Crippen LogP contribution in [-0.2, 0) is 0 Å². The van der Waals surface area contributed by atoms with Crippen LogP contribution in [0.4, 0.5) is 5.69 Å². The van der Waals surface area contributed by atoms with Gasteiger partial charge in [-0.25, -0.2) is 0 Å². The molecule has 1 saturated carbocycles. The zero-order valence-electron chi connectivity index (χ0n) is 11.2. The molecule has 1 aromatic heterocycles. The average molecular weight is 246 g/mol. The third-order valence-corrected chi connectivity index (χ3v) is 3.99. The Kier molecular flexibility index (Phi) is 3.84. The minimum Gasteiger partial charge on any atom is -0.382 e. The average Bonchev–Trinajstić information content (AvgIpc) is 2.38. The maximum absolute atomic E-state index is 7.62. The van der Waals surface area contributed by atoms with E-state index in [-0.39, 0.29) is 5.84 Å². The van der Waals surface area contributed by atoms with Gasteiger partial charge in [-0.2, -0.15) is 0 Å². The number of hydrogen-bond donors (Lipinski definition) is 2. The van der Waals surface area contributed by atoms with Gasteiger partial charge in [0.15, 0.2) is 0 Å². The largest absolute Gasteiger partial charge is 0.382 e. The van der Waals surface area contributed by atoms with Crippen LogP contribution in [0.3, 0.4) is 0 Å². The molecular formula is C14H22N4. The first kappa shape index (κ1) is 12.9. The fourth-order valence-corrected chi connectivity index (χ4v) is 2.94. The van der Waals surface area contributed by atoms with Gasteiger partial charge >= 0.3 is 0 Å². The van der Waals surface area contributed by atoms with Crippen LogP contribution >= 0.6 is 0 Å². The van der Waals surface area contributed by atoms with Crippen molar-refractivity contribution in [2.24, 2.45) is 11.7 Å². The van der Waals surface area contributed by atoms with Crippen LogP contribution in [0.25, 0.3) is 0 Å². The van der Waals surface area contributed by atoms with Crippen LogP contribution in [0.1, 0.15) is 38.3 Å². The summed E-state index contributed by atoms with van der Waals surface area (Å²) < 4.78 is 0. The highest BCUT2D eigenvalue weighted by Crippen LogP contribution is 2.31. The van der Waals surface area contributed by atoms with E-state index in [0.717, 1.165) is 5.69 Å². The summed E-state index contributed by atoms with van der Waals surface area (Å²) in [5, 5.41) is 7.62. The molecule has 2 unspecified atom stereocenters. The Labute approximate surface area is 109 Å². The maximum atomic E-state index is 7.62. The molecular weight excluding hydrogens is 224 g/mol. The summed E-state index contributed by atoms with van der Waals surface area (Å²) in [5.41, 5.74) is 7.18. The lowest BCUT2D eigenvalue weighted by molar-refractivity contribution is 0.321. The van der Waals surface area contributed by atoms with Crippen molar-refractivity contribution in [2.75, 3.05) is 11.9 Å². The molecule has 4 heteroatoms. The van der Waals surface area contributed by atoms with Crippen molar-refractivity contribution in [3.8, 4) is 0 Å². The van der Waals surface area contributed by atoms with Crippen molar-refractivity contribution in [3.05, 3.63) is 24.0 Å². The quantitative estimate of drug-likeness (QED) is 0.635. The molecule has 0 bridgehead atoms. The molecule has 1 fully saturated rings. The normalized spacial score (nSPS) is 23.7. The van der Waals surface area contributed by atoms with Crippen molar-refractivity contribution < 1.29 is 0 Å². The molecule has 98 valence electrons. The fourth-order valence-electron chi connectivity index (χ4n) is 2.94.